The minimum atomic E-state index is 0.515. The van der Waals surface area contributed by atoms with Gasteiger partial charge in [0.2, 0.25) is 0 Å². The summed E-state index contributed by atoms with van der Waals surface area (Å²) in [6.45, 7) is 0. The highest BCUT2D eigenvalue weighted by Gasteiger charge is 2.04. The van der Waals surface area contributed by atoms with Crippen LogP contribution in [0.1, 0.15) is 0 Å². The van der Waals surface area contributed by atoms with Gasteiger partial charge in [-0.25, -0.2) is 4.98 Å². The molecular formula is C6H4N3OS. The van der Waals surface area contributed by atoms with Crippen LogP contribution in [-0.4, -0.2) is 22.3 Å². The molecule has 1 radical (unpaired) electrons. The number of methoxy groups -OCH3 is 1. The van der Waals surface area contributed by atoms with E-state index < -0.39 is 0 Å². The standard InChI is InChI=1S/C6H4N3OS/c1-10-6-5-4(2-8-9-6)7-3-11-5/h2H,1H3. The first-order valence-electron chi connectivity index (χ1n) is 2.94. The smallest absolute Gasteiger partial charge is 0.253 e. The highest BCUT2D eigenvalue weighted by molar-refractivity contribution is 7.16. The molecule has 2 aromatic rings. The Kier molecular flexibility index (Phi) is 1.43. The summed E-state index contributed by atoms with van der Waals surface area (Å²) in [5, 5.41) is 7.48. The van der Waals surface area contributed by atoms with Crippen molar-refractivity contribution in [1.29, 1.82) is 0 Å². The predicted octanol–water partition coefficient (Wildman–Crippen LogP) is 0.895. The van der Waals surface area contributed by atoms with Crippen molar-refractivity contribution >= 4 is 21.6 Å². The number of thiazole rings is 1. The molecule has 0 aliphatic carbocycles. The van der Waals surface area contributed by atoms with Gasteiger partial charge in [0, 0.05) is 0 Å². The summed E-state index contributed by atoms with van der Waals surface area (Å²) in [5.41, 5.74) is 3.52. The molecule has 2 heterocycles. The van der Waals surface area contributed by atoms with Gasteiger partial charge in [0.05, 0.1) is 13.3 Å². The van der Waals surface area contributed by atoms with Crippen LogP contribution in [0, 0.1) is 5.51 Å². The van der Waals surface area contributed by atoms with Crippen molar-refractivity contribution in [2.24, 2.45) is 0 Å². The first-order chi connectivity index (χ1) is 5.42. The van der Waals surface area contributed by atoms with Crippen LogP contribution in [-0.2, 0) is 0 Å². The molecule has 0 unspecified atom stereocenters. The molecule has 2 rings (SSSR count). The second-order valence-electron chi connectivity index (χ2n) is 1.87. The van der Waals surface area contributed by atoms with E-state index in [2.05, 4.69) is 20.7 Å². The van der Waals surface area contributed by atoms with Gasteiger partial charge in [0.1, 0.15) is 10.2 Å². The molecule has 0 N–H and O–H groups in total. The van der Waals surface area contributed by atoms with Crippen LogP contribution in [0.5, 0.6) is 5.88 Å². The molecule has 0 aliphatic rings. The highest BCUT2D eigenvalue weighted by Crippen LogP contribution is 2.23. The van der Waals surface area contributed by atoms with Crippen molar-refractivity contribution in [3.05, 3.63) is 11.7 Å². The van der Waals surface area contributed by atoms with E-state index in [1.54, 1.807) is 13.3 Å². The Morgan fingerprint density at radius 1 is 1.64 bits per heavy atom. The van der Waals surface area contributed by atoms with E-state index in [1.165, 1.54) is 11.3 Å². The van der Waals surface area contributed by atoms with E-state index in [9.17, 15) is 0 Å². The minimum absolute atomic E-state index is 0.515. The number of aromatic nitrogens is 3. The first kappa shape index (κ1) is 6.48. The molecule has 0 atom stereocenters. The number of fused-ring (bicyclic) bond motifs is 1. The van der Waals surface area contributed by atoms with Crippen LogP contribution in [0.4, 0.5) is 0 Å². The van der Waals surface area contributed by atoms with E-state index in [0.717, 1.165) is 10.2 Å². The van der Waals surface area contributed by atoms with Gasteiger partial charge in [-0.15, -0.1) is 16.4 Å². The fourth-order valence-corrected chi connectivity index (χ4v) is 1.43. The largest absolute Gasteiger partial charge is 0.479 e. The van der Waals surface area contributed by atoms with Gasteiger partial charge in [-0.2, -0.15) is 5.10 Å². The third-order valence-electron chi connectivity index (χ3n) is 1.26. The summed E-state index contributed by atoms with van der Waals surface area (Å²) in [6.07, 6.45) is 1.59. The molecule has 11 heavy (non-hydrogen) atoms. The lowest BCUT2D eigenvalue weighted by Crippen LogP contribution is -1.89. The van der Waals surface area contributed by atoms with Crippen LogP contribution < -0.4 is 4.74 Å². The van der Waals surface area contributed by atoms with Crippen LogP contribution in [0.15, 0.2) is 6.20 Å². The summed E-state index contributed by atoms with van der Waals surface area (Å²) in [7, 11) is 1.56. The second-order valence-corrected chi connectivity index (χ2v) is 2.67. The lowest BCUT2D eigenvalue weighted by Gasteiger charge is -1.94. The van der Waals surface area contributed by atoms with Crippen molar-refractivity contribution in [3.63, 3.8) is 0 Å². The maximum atomic E-state index is 4.96. The third-order valence-corrected chi connectivity index (χ3v) is 2.03. The highest BCUT2D eigenvalue weighted by atomic mass is 32.1. The molecule has 0 amide bonds. The maximum Gasteiger partial charge on any atom is 0.253 e. The van der Waals surface area contributed by atoms with Gasteiger partial charge in [-0.1, -0.05) is 0 Å². The van der Waals surface area contributed by atoms with Crippen LogP contribution >= 0.6 is 11.3 Å². The van der Waals surface area contributed by atoms with Gasteiger partial charge < -0.3 is 4.74 Å². The summed E-state index contributed by atoms with van der Waals surface area (Å²) < 4.78 is 5.85. The normalized spacial score (nSPS) is 10.3. The molecule has 2 aromatic heterocycles. The number of nitrogens with zero attached hydrogens (tertiary/aromatic N) is 3. The monoisotopic (exact) mass is 166 g/mol. The molecule has 0 saturated heterocycles. The zero-order valence-electron chi connectivity index (χ0n) is 5.74. The molecule has 0 spiro atoms. The van der Waals surface area contributed by atoms with Gasteiger partial charge >= 0.3 is 0 Å². The first-order valence-corrected chi connectivity index (χ1v) is 3.75. The zero-order valence-corrected chi connectivity index (χ0v) is 6.55. The van der Waals surface area contributed by atoms with Crippen LogP contribution in [0.25, 0.3) is 10.2 Å². The van der Waals surface area contributed by atoms with E-state index in [0.29, 0.717) is 5.88 Å². The number of rotatable bonds is 1. The molecule has 0 fully saturated rings. The Morgan fingerprint density at radius 3 is 3.36 bits per heavy atom. The van der Waals surface area contributed by atoms with Crippen molar-refractivity contribution in [3.8, 4) is 5.88 Å². The van der Waals surface area contributed by atoms with Crippen molar-refractivity contribution in [2.45, 2.75) is 0 Å². The van der Waals surface area contributed by atoms with Crippen molar-refractivity contribution in [1.82, 2.24) is 15.2 Å². The second kappa shape index (κ2) is 2.43. The average Bonchev–Trinajstić information content (AvgIpc) is 2.50. The lowest BCUT2D eigenvalue weighted by atomic mass is 10.5. The van der Waals surface area contributed by atoms with Gasteiger partial charge in [-0.05, 0) is 0 Å². The van der Waals surface area contributed by atoms with E-state index in [-0.39, 0.29) is 0 Å². The van der Waals surface area contributed by atoms with E-state index in [4.69, 9.17) is 4.74 Å². The van der Waals surface area contributed by atoms with Crippen molar-refractivity contribution in [2.75, 3.05) is 7.11 Å². The summed E-state index contributed by atoms with van der Waals surface area (Å²) in [6, 6.07) is 0. The zero-order chi connectivity index (χ0) is 7.68. The molecule has 5 heteroatoms. The molecular weight excluding hydrogens is 162 g/mol. The summed E-state index contributed by atoms with van der Waals surface area (Å²) in [5.74, 6) is 0.515. The average molecular weight is 166 g/mol. The third kappa shape index (κ3) is 0.932. The Hall–Kier alpha value is -1.23. The summed E-state index contributed by atoms with van der Waals surface area (Å²) in [4.78, 5) is 3.94. The minimum Gasteiger partial charge on any atom is -0.479 e. The Bertz CT molecular complexity index is 373. The topological polar surface area (TPSA) is 47.9 Å². The van der Waals surface area contributed by atoms with E-state index >= 15 is 0 Å². The Labute approximate surface area is 66.9 Å². The predicted molar refractivity (Wildman–Crippen MR) is 40.6 cm³/mol. The van der Waals surface area contributed by atoms with Gasteiger partial charge in [-0.3, -0.25) is 0 Å². The fourth-order valence-electron chi connectivity index (χ4n) is 0.776. The Balaban J connectivity index is 2.79. The SMILES string of the molecule is COc1nncc2n[c]sc12. The van der Waals surface area contributed by atoms with E-state index in [1.807, 2.05) is 0 Å². The van der Waals surface area contributed by atoms with Crippen molar-refractivity contribution < 1.29 is 4.74 Å². The van der Waals surface area contributed by atoms with Crippen LogP contribution in [0.3, 0.4) is 0 Å². The molecule has 0 bridgehead atoms. The maximum absolute atomic E-state index is 4.96. The van der Waals surface area contributed by atoms with Gasteiger partial charge in [0.25, 0.3) is 5.88 Å². The number of hydrogen-bond donors (Lipinski definition) is 0. The number of ether oxygens (including phenoxy) is 1. The quantitative estimate of drug-likeness (QED) is 0.631. The van der Waals surface area contributed by atoms with Gasteiger partial charge in [0.15, 0.2) is 5.51 Å². The lowest BCUT2D eigenvalue weighted by molar-refractivity contribution is 0.398. The fraction of sp³-hybridized carbons (Fsp3) is 0.167. The molecule has 0 aliphatic heterocycles. The molecule has 4 nitrogen and oxygen atoms in total. The Morgan fingerprint density at radius 2 is 2.55 bits per heavy atom. The summed E-state index contributed by atoms with van der Waals surface area (Å²) >= 11 is 1.37. The molecule has 55 valence electrons. The van der Waals surface area contributed by atoms with Crippen LogP contribution in [0.2, 0.25) is 0 Å². The molecule has 0 aromatic carbocycles. The molecule has 0 saturated carbocycles. The number of hydrogen-bond acceptors (Lipinski definition) is 5.